The molecule has 3 aliphatic rings. The molecule has 172 valence electrons. The van der Waals surface area contributed by atoms with Crippen LogP contribution in [0.25, 0.3) is 0 Å². The zero-order valence-corrected chi connectivity index (χ0v) is 19.8. The van der Waals surface area contributed by atoms with Gasteiger partial charge in [0, 0.05) is 21.8 Å². The Morgan fingerprint density at radius 3 is 2.50 bits per heavy atom. The zero-order chi connectivity index (χ0) is 22.8. The Hall–Kier alpha value is -2.41. The Balaban J connectivity index is 1.71. The van der Waals surface area contributed by atoms with E-state index in [9.17, 15) is 14.4 Å². The van der Waals surface area contributed by atoms with Crippen LogP contribution in [-0.2, 0) is 23.9 Å². The predicted molar refractivity (Wildman–Crippen MR) is 122 cm³/mol. The molecule has 1 N–H and O–H groups in total. The van der Waals surface area contributed by atoms with Crippen molar-refractivity contribution in [1.29, 1.82) is 0 Å². The zero-order valence-electron chi connectivity index (χ0n) is 18.9. The van der Waals surface area contributed by atoms with Crippen LogP contribution in [0.4, 0.5) is 0 Å². The van der Waals surface area contributed by atoms with Gasteiger partial charge >= 0.3 is 11.9 Å². The summed E-state index contributed by atoms with van der Waals surface area (Å²) >= 11 is 1.50. The summed E-state index contributed by atoms with van der Waals surface area (Å²) in [4.78, 5) is 40.4. The van der Waals surface area contributed by atoms with E-state index in [2.05, 4.69) is 5.32 Å². The number of ether oxygens (including phenoxy) is 2. The van der Waals surface area contributed by atoms with Gasteiger partial charge in [0.2, 0.25) is 0 Å². The third-order valence-corrected chi connectivity index (χ3v) is 7.80. The van der Waals surface area contributed by atoms with Crippen molar-refractivity contribution in [2.24, 2.45) is 11.8 Å². The molecule has 1 saturated carbocycles. The lowest BCUT2D eigenvalue weighted by atomic mass is 9.70. The average molecular weight is 458 g/mol. The lowest BCUT2D eigenvalue weighted by molar-refractivity contribution is -0.151. The summed E-state index contributed by atoms with van der Waals surface area (Å²) in [6.07, 6.45) is 6.69. The number of nitrogens with one attached hydrogen (secondary N) is 1. The minimum absolute atomic E-state index is 0.0884. The highest BCUT2D eigenvalue weighted by Crippen LogP contribution is 2.46. The molecule has 3 atom stereocenters. The van der Waals surface area contributed by atoms with Crippen LogP contribution in [0, 0.1) is 11.8 Å². The molecule has 1 fully saturated rings. The van der Waals surface area contributed by atoms with E-state index in [1.54, 1.807) is 0 Å². The summed E-state index contributed by atoms with van der Waals surface area (Å²) < 4.78 is 10.9. The van der Waals surface area contributed by atoms with Gasteiger partial charge in [-0.2, -0.15) is 0 Å². The van der Waals surface area contributed by atoms with E-state index in [0.717, 1.165) is 42.0 Å². The number of carbonyl (C=O) groups is 3. The molecule has 2 heterocycles. The smallest absolute Gasteiger partial charge is 0.337 e. The number of Topliss-reactive ketones (excluding diaryl/α,β-unsaturated/α-hetero) is 1. The summed E-state index contributed by atoms with van der Waals surface area (Å²) in [6.45, 7) is 3.76. The van der Waals surface area contributed by atoms with Gasteiger partial charge < -0.3 is 14.8 Å². The van der Waals surface area contributed by atoms with Gasteiger partial charge in [-0.05, 0) is 56.4 Å². The highest BCUT2D eigenvalue weighted by atomic mass is 32.1. The van der Waals surface area contributed by atoms with Crippen LogP contribution in [-0.4, -0.2) is 30.9 Å². The van der Waals surface area contributed by atoms with Crippen molar-refractivity contribution >= 4 is 29.1 Å². The third-order valence-electron chi connectivity index (χ3n) is 6.87. The van der Waals surface area contributed by atoms with Gasteiger partial charge in [-0.15, -0.1) is 11.3 Å². The second kappa shape index (κ2) is 9.61. The standard InChI is InChI=1S/C25H31NO5S/c1-14-13-17-21(23(27)19(14)24(28)30-3)22(18-11-8-12-32-18)20(15(2)26-17)25(29)31-16-9-6-4-5-7-10-16/h8,11-12,14,16,19,22,26H,4-7,9-10,13H2,1-3H3/t14-,19-,22-/m1/s1. The fourth-order valence-corrected chi connectivity index (χ4v) is 6.11. The summed E-state index contributed by atoms with van der Waals surface area (Å²) in [7, 11) is 1.31. The first-order valence-corrected chi connectivity index (χ1v) is 12.4. The number of rotatable bonds is 4. The van der Waals surface area contributed by atoms with Gasteiger partial charge in [-0.25, -0.2) is 4.79 Å². The molecule has 0 amide bonds. The topological polar surface area (TPSA) is 81.7 Å². The molecule has 2 aliphatic carbocycles. The van der Waals surface area contributed by atoms with Gasteiger partial charge in [0.25, 0.3) is 0 Å². The molecule has 6 nitrogen and oxygen atoms in total. The van der Waals surface area contributed by atoms with Crippen LogP contribution >= 0.6 is 11.3 Å². The number of hydrogen-bond donors (Lipinski definition) is 1. The number of dihydropyridines is 1. The second-order valence-corrected chi connectivity index (χ2v) is 10.0. The van der Waals surface area contributed by atoms with Crippen LogP contribution < -0.4 is 5.32 Å². The fraction of sp³-hybridized carbons (Fsp3) is 0.560. The molecule has 0 radical (unpaired) electrons. The first-order chi connectivity index (χ1) is 15.4. The Bertz CT molecular complexity index is 953. The summed E-state index contributed by atoms with van der Waals surface area (Å²) in [5, 5.41) is 5.26. The fourth-order valence-electron chi connectivity index (χ4n) is 5.27. The van der Waals surface area contributed by atoms with Gasteiger partial charge in [0.15, 0.2) is 5.78 Å². The second-order valence-electron chi connectivity index (χ2n) is 9.07. The van der Waals surface area contributed by atoms with E-state index < -0.39 is 17.8 Å². The van der Waals surface area contributed by atoms with E-state index in [0.29, 0.717) is 17.6 Å². The minimum Gasteiger partial charge on any atom is -0.468 e. The van der Waals surface area contributed by atoms with Crippen LogP contribution in [0.3, 0.4) is 0 Å². The Morgan fingerprint density at radius 2 is 1.88 bits per heavy atom. The van der Waals surface area contributed by atoms with E-state index in [1.807, 2.05) is 31.4 Å². The molecule has 4 rings (SSSR count). The van der Waals surface area contributed by atoms with Crippen molar-refractivity contribution in [1.82, 2.24) is 5.32 Å². The number of methoxy groups -OCH3 is 1. The molecule has 0 bridgehead atoms. The molecule has 7 heteroatoms. The van der Waals surface area contributed by atoms with Crippen molar-refractivity contribution in [3.63, 3.8) is 0 Å². The lowest BCUT2D eigenvalue weighted by Crippen LogP contribution is -2.43. The molecule has 1 aromatic heterocycles. The molecule has 1 aromatic rings. The van der Waals surface area contributed by atoms with Gasteiger partial charge in [-0.3, -0.25) is 9.59 Å². The molecule has 0 spiro atoms. The molecule has 32 heavy (non-hydrogen) atoms. The van der Waals surface area contributed by atoms with E-state index in [4.69, 9.17) is 9.47 Å². The largest absolute Gasteiger partial charge is 0.468 e. The Kier molecular flexibility index (Phi) is 6.84. The average Bonchev–Trinajstić information content (AvgIpc) is 3.17. The number of carbonyl (C=O) groups excluding carboxylic acids is 3. The summed E-state index contributed by atoms with van der Waals surface area (Å²) in [5.41, 5.74) is 2.49. The van der Waals surface area contributed by atoms with Crippen molar-refractivity contribution < 1.29 is 23.9 Å². The number of ketones is 1. The van der Waals surface area contributed by atoms with Gasteiger partial charge in [0.1, 0.15) is 12.0 Å². The monoisotopic (exact) mass is 457 g/mol. The molecule has 0 saturated heterocycles. The number of thiophene rings is 1. The van der Waals surface area contributed by atoms with Crippen LogP contribution in [0.5, 0.6) is 0 Å². The first-order valence-electron chi connectivity index (χ1n) is 11.5. The highest BCUT2D eigenvalue weighted by Gasteiger charge is 2.47. The molecular weight excluding hydrogens is 426 g/mol. The van der Waals surface area contributed by atoms with Crippen molar-refractivity contribution in [3.8, 4) is 0 Å². The van der Waals surface area contributed by atoms with Gasteiger partial charge in [-0.1, -0.05) is 25.8 Å². The minimum atomic E-state index is -0.861. The highest BCUT2D eigenvalue weighted by molar-refractivity contribution is 7.10. The van der Waals surface area contributed by atoms with Crippen molar-refractivity contribution in [3.05, 3.63) is 44.9 Å². The van der Waals surface area contributed by atoms with Crippen LogP contribution in [0.15, 0.2) is 40.1 Å². The molecule has 0 unspecified atom stereocenters. The maximum absolute atomic E-state index is 13.6. The number of hydrogen-bond acceptors (Lipinski definition) is 7. The number of esters is 2. The predicted octanol–water partition coefficient (Wildman–Crippen LogP) is 4.63. The lowest BCUT2D eigenvalue weighted by Gasteiger charge is -2.38. The molecule has 0 aromatic carbocycles. The van der Waals surface area contributed by atoms with Gasteiger partial charge in [0.05, 0.1) is 18.6 Å². The number of allylic oxidation sites excluding steroid dienone is 3. The molecular formula is C25H31NO5S. The van der Waals surface area contributed by atoms with Crippen molar-refractivity contribution in [2.45, 2.75) is 70.8 Å². The maximum atomic E-state index is 13.6. The third kappa shape index (κ3) is 4.27. The SMILES string of the molecule is COC(=O)[C@H]1C(=O)C2=C(C[C@H]1C)NC(C)=C(C(=O)OC1CCCCCC1)[C@H]2c1cccs1. The van der Waals surface area contributed by atoms with E-state index in [1.165, 1.54) is 31.3 Å². The summed E-state index contributed by atoms with van der Waals surface area (Å²) in [6, 6.07) is 3.86. The summed E-state index contributed by atoms with van der Waals surface area (Å²) in [5.74, 6) is -2.72. The first kappa shape index (κ1) is 22.8. The Morgan fingerprint density at radius 1 is 1.16 bits per heavy atom. The van der Waals surface area contributed by atoms with Crippen molar-refractivity contribution in [2.75, 3.05) is 7.11 Å². The quantitative estimate of drug-likeness (QED) is 0.403. The van der Waals surface area contributed by atoms with E-state index in [-0.39, 0.29) is 23.8 Å². The normalized spacial score (nSPS) is 26.8. The van der Waals surface area contributed by atoms with Crippen LogP contribution in [0.2, 0.25) is 0 Å². The van der Waals surface area contributed by atoms with Crippen LogP contribution in [0.1, 0.15) is 69.6 Å². The molecule has 1 aliphatic heterocycles. The Labute approximate surface area is 193 Å². The van der Waals surface area contributed by atoms with E-state index >= 15 is 0 Å². The maximum Gasteiger partial charge on any atom is 0.337 e.